The zero-order valence-electron chi connectivity index (χ0n) is 17.2. The SMILES string of the molecule is C/C=C1/C(=O)NC/C1=C/Cc1ccc2nc(-c3ccc(-c4ccccc4)nc3)[nH]c2c1. The number of amides is 1. The van der Waals surface area contributed by atoms with E-state index in [2.05, 4.69) is 45.6 Å². The van der Waals surface area contributed by atoms with Crippen molar-refractivity contribution in [3.8, 4) is 22.6 Å². The van der Waals surface area contributed by atoms with Gasteiger partial charge in [-0.2, -0.15) is 0 Å². The first kappa shape index (κ1) is 19.0. The third-order valence-corrected chi connectivity index (χ3v) is 5.56. The van der Waals surface area contributed by atoms with E-state index in [1.165, 1.54) is 5.56 Å². The van der Waals surface area contributed by atoms with E-state index < -0.39 is 0 Å². The van der Waals surface area contributed by atoms with Crippen LogP contribution in [0.3, 0.4) is 0 Å². The fraction of sp³-hybridized carbons (Fsp3) is 0.115. The minimum Gasteiger partial charge on any atom is -0.348 e. The lowest BCUT2D eigenvalue weighted by molar-refractivity contribution is -0.116. The predicted octanol–water partition coefficient (Wildman–Crippen LogP) is 4.84. The Morgan fingerprint density at radius 1 is 1.03 bits per heavy atom. The highest BCUT2D eigenvalue weighted by Crippen LogP contribution is 2.24. The van der Waals surface area contributed by atoms with E-state index in [-0.39, 0.29) is 5.91 Å². The number of hydrogen-bond donors (Lipinski definition) is 2. The topological polar surface area (TPSA) is 70.7 Å². The second kappa shape index (κ2) is 8.03. The molecule has 0 unspecified atom stereocenters. The summed E-state index contributed by atoms with van der Waals surface area (Å²) in [7, 11) is 0. The fourth-order valence-electron chi connectivity index (χ4n) is 3.89. The van der Waals surface area contributed by atoms with E-state index in [9.17, 15) is 4.79 Å². The van der Waals surface area contributed by atoms with Gasteiger partial charge in [-0.15, -0.1) is 0 Å². The zero-order chi connectivity index (χ0) is 21.2. The normalized spacial score (nSPS) is 16.4. The number of allylic oxidation sites excluding steroid dienone is 2. The quantitative estimate of drug-likeness (QED) is 0.477. The molecule has 0 radical (unpaired) electrons. The number of hydrogen-bond acceptors (Lipinski definition) is 3. The molecular formula is C26H22N4O. The predicted molar refractivity (Wildman–Crippen MR) is 123 cm³/mol. The van der Waals surface area contributed by atoms with Crippen molar-refractivity contribution < 1.29 is 4.79 Å². The lowest BCUT2D eigenvalue weighted by atomic mass is 10.0. The van der Waals surface area contributed by atoms with Gasteiger partial charge in [0.15, 0.2) is 0 Å². The van der Waals surface area contributed by atoms with E-state index in [1.807, 2.05) is 55.6 Å². The van der Waals surface area contributed by atoms with Gasteiger partial charge < -0.3 is 10.3 Å². The number of aromatic nitrogens is 3. The number of imidazole rings is 1. The summed E-state index contributed by atoms with van der Waals surface area (Å²) in [5.74, 6) is 0.814. The van der Waals surface area contributed by atoms with Crippen molar-refractivity contribution in [3.63, 3.8) is 0 Å². The lowest BCUT2D eigenvalue weighted by Crippen LogP contribution is -2.13. The van der Waals surface area contributed by atoms with Crippen LogP contribution in [0.5, 0.6) is 0 Å². The van der Waals surface area contributed by atoms with Crippen molar-refractivity contribution in [2.45, 2.75) is 13.3 Å². The molecule has 0 aliphatic carbocycles. The van der Waals surface area contributed by atoms with Crippen LogP contribution in [-0.4, -0.2) is 27.4 Å². The Morgan fingerprint density at radius 3 is 2.68 bits per heavy atom. The second-order valence-electron chi connectivity index (χ2n) is 7.55. The number of fused-ring (bicyclic) bond motifs is 1. The Labute approximate surface area is 180 Å². The van der Waals surface area contributed by atoms with Gasteiger partial charge in [0.25, 0.3) is 5.91 Å². The van der Waals surface area contributed by atoms with Crippen LogP contribution in [0.4, 0.5) is 0 Å². The highest BCUT2D eigenvalue weighted by atomic mass is 16.2. The molecule has 0 saturated carbocycles. The summed E-state index contributed by atoms with van der Waals surface area (Å²) in [5, 5.41) is 2.87. The van der Waals surface area contributed by atoms with Gasteiger partial charge in [0.2, 0.25) is 0 Å². The maximum absolute atomic E-state index is 11.8. The molecule has 2 N–H and O–H groups in total. The van der Waals surface area contributed by atoms with Crippen LogP contribution in [0.15, 0.2) is 90.2 Å². The molecule has 152 valence electrons. The molecule has 0 bridgehead atoms. The number of benzene rings is 2. The first-order chi connectivity index (χ1) is 15.2. The third-order valence-electron chi connectivity index (χ3n) is 5.56. The van der Waals surface area contributed by atoms with Gasteiger partial charge in [0.05, 0.1) is 16.7 Å². The molecule has 31 heavy (non-hydrogen) atoms. The largest absolute Gasteiger partial charge is 0.348 e. The van der Waals surface area contributed by atoms with Gasteiger partial charge in [-0.1, -0.05) is 48.6 Å². The number of aromatic amines is 1. The number of rotatable bonds is 4. The summed E-state index contributed by atoms with van der Waals surface area (Å²) in [6.07, 6.45) is 6.61. The highest BCUT2D eigenvalue weighted by Gasteiger charge is 2.20. The summed E-state index contributed by atoms with van der Waals surface area (Å²) in [5.41, 5.74) is 7.90. The van der Waals surface area contributed by atoms with E-state index in [4.69, 9.17) is 4.98 Å². The van der Waals surface area contributed by atoms with Gasteiger partial charge >= 0.3 is 0 Å². The van der Waals surface area contributed by atoms with Crippen molar-refractivity contribution in [2.24, 2.45) is 0 Å². The van der Waals surface area contributed by atoms with Gasteiger partial charge in [-0.3, -0.25) is 9.78 Å². The Bertz CT molecular complexity index is 1310. The number of carbonyl (C=O) groups excluding carboxylic acids is 1. The molecule has 5 rings (SSSR count). The minimum absolute atomic E-state index is 0.00861. The van der Waals surface area contributed by atoms with E-state index in [1.54, 1.807) is 0 Å². The Morgan fingerprint density at radius 2 is 1.90 bits per heavy atom. The molecule has 1 fully saturated rings. The van der Waals surface area contributed by atoms with E-state index >= 15 is 0 Å². The molecule has 5 nitrogen and oxygen atoms in total. The monoisotopic (exact) mass is 406 g/mol. The van der Waals surface area contributed by atoms with Gasteiger partial charge in [-0.05, 0) is 48.7 Å². The summed E-state index contributed by atoms with van der Waals surface area (Å²) >= 11 is 0. The summed E-state index contributed by atoms with van der Waals surface area (Å²) in [6.45, 7) is 2.49. The van der Waals surface area contributed by atoms with Gasteiger partial charge in [0, 0.05) is 29.4 Å². The van der Waals surface area contributed by atoms with E-state index in [0.29, 0.717) is 6.54 Å². The first-order valence-electron chi connectivity index (χ1n) is 10.4. The maximum atomic E-state index is 11.8. The molecule has 3 heterocycles. The molecule has 0 atom stereocenters. The molecular weight excluding hydrogens is 384 g/mol. The van der Waals surface area contributed by atoms with Gasteiger partial charge in [-0.25, -0.2) is 4.98 Å². The Balaban J connectivity index is 1.38. The summed E-state index contributed by atoms with van der Waals surface area (Å²) < 4.78 is 0. The van der Waals surface area contributed by atoms with E-state index in [0.717, 1.165) is 51.2 Å². The zero-order valence-corrected chi connectivity index (χ0v) is 17.2. The highest BCUT2D eigenvalue weighted by molar-refractivity contribution is 6.01. The van der Waals surface area contributed by atoms with Crippen LogP contribution < -0.4 is 5.32 Å². The molecule has 1 saturated heterocycles. The fourth-order valence-corrected chi connectivity index (χ4v) is 3.89. The number of H-pyrrole nitrogens is 1. The molecule has 1 aliphatic heterocycles. The Kier molecular flexibility index (Phi) is 4.92. The van der Waals surface area contributed by atoms with Gasteiger partial charge in [0.1, 0.15) is 5.82 Å². The lowest BCUT2D eigenvalue weighted by Gasteiger charge is -2.01. The average molecular weight is 406 g/mol. The van der Waals surface area contributed by atoms with Crippen LogP contribution in [0.25, 0.3) is 33.7 Å². The second-order valence-corrected chi connectivity index (χ2v) is 7.55. The van der Waals surface area contributed by atoms with Crippen molar-refractivity contribution in [1.82, 2.24) is 20.3 Å². The van der Waals surface area contributed by atoms with Crippen molar-refractivity contribution in [3.05, 3.63) is 95.7 Å². The van der Waals surface area contributed by atoms with Crippen LogP contribution >= 0.6 is 0 Å². The molecule has 2 aromatic heterocycles. The number of pyridine rings is 1. The number of nitrogens with zero attached hydrogens (tertiary/aromatic N) is 2. The molecule has 1 amide bonds. The van der Waals surface area contributed by atoms with Crippen LogP contribution in [0, 0.1) is 0 Å². The number of carbonyl (C=O) groups is 1. The number of nitrogens with one attached hydrogen (secondary N) is 2. The van der Waals surface area contributed by atoms with Crippen LogP contribution in [0.1, 0.15) is 12.5 Å². The van der Waals surface area contributed by atoms with Crippen LogP contribution in [0.2, 0.25) is 0 Å². The smallest absolute Gasteiger partial charge is 0.251 e. The molecule has 5 heteroatoms. The summed E-state index contributed by atoms with van der Waals surface area (Å²) in [4.78, 5) is 24.5. The molecule has 2 aromatic carbocycles. The maximum Gasteiger partial charge on any atom is 0.251 e. The summed E-state index contributed by atoms with van der Waals surface area (Å²) in [6, 6.07) is 20.4. The van der Waals surface area contributed by atoms with Crippen molar-refractivity contribution in [2.75, 3.05) is 6.54 Å². The third kappa shape index (κ3) is 3.78. The standard InChI is InChI=1S/C26H22N4O/c1-2-21-19(15-28-26(21)31)10-8-17-9-12-23-24(14-17)30-25(29-23)20-11-13-22(27-16-20)18-6-4-3-5-7-18/h2-7,9-14,16H,8,15H2,1H3,(H,28,31)(H,29,30)/b19-10-,21-2+. The minimum atomic E-state index is 0.00861. The molecule has 1 aliphatic rings. The first-order valence-corrected chi connectivity index (χ1v) is 10.4. The van der Waals surface area contributed by atoms with Crippen LogP contribution in [-0.2, 0) is 11.2 Å². The molecule has 4 aromatic rings. The average Bonchev–Trinajstić information content (AvgIpc) is 3.40. The van der Waals surface area contributed by atoms with Crippen molar-refractivity contribution >= 4 is 16.9 Å². The van der Waals surface area contributed by atoms with Crippen molar-refractivity contribution in [1.29, 1.82) is 0 Å². The Hall–Kier alpha value is -3.99. The molecule has 0 spiro atoms.